The van der Waals surface area contributed by atoms with Crippen LogP contribution in [0.4, 0.5) is 0 Å². The molecule has 0 aromatic rings. The molecular formula is C16H22O9. The van der Waals surface area contributed by atoms with E-state index in [9.17, 15) is 19.2 Å². The maximum Gasteiger partial charge on any atom is 0.303 e. The molecule has 5 unspecified atom stereocenters. The van der Waals surface area contributed by atoms with Crippen LogP contribution in [0.1, 0.15) is 27.7 Å². The lowest BCUT2D eigenvalue weighted by atomic mass is 9.94. The fourth-order valence-electron chi connectivity index (χ4n) is 2.45. The van der Waals surface area contributed by atoms with Crippen LogP contribution in [-0.2, 0) is 42.9 Å². The molecule has 0 amide bonds. The number of rotatable bonds is 6. The van der Waals surface area contributed by atoms with Crippen LogP contribution < -0.4 is 0 Å². The van der Waals surface area contributed by atoms with E-state index in [2.05, 4.69) is 6.58 Å². The zero-order valence-electron chi connectivity index (χ0n) is 14.6. The average Bonchev–Trinajstić information content (AvgIpc) is 2.48. The second-order valence-corrected chi connectivity index (χ2v) is 5.40. The van der Waals surface area contributed by atoms with Gasteiger partial charge in [-0.3, -0.25) is 19.2 Å². The van der Waals surface area contributed by atoms with Crippen molar-refractivity contribution in [1.29, 1.82) is 0 Å². The third-order valence-corrected chi connectivity index (χ3v) is 3.26. The van der Waals surface area contributed by atoms with Crippen molar-refractivity contribution < 1.29 is 42.9 Å². The predicted molar refractivity (Wildman–Crippen MR) is 82.2 cm³/mol. The standard InChI is InChI=1S/C16H22O9/c1-6-12-14(22-9(3)18)16(24-11(5)20)15(23-10(4)19)13(25-12)7-21-8(2)17/h6,12-16H,1,7H2,2-5H3. The van der Waals surface area contributed by atoms with E-state index in [1.54, 1.807) is 0 Å². The lowest BCUT2D eigenvalue weighted by molar-refractivity contribution is -0.244. The molecule has 0 saturated carbocycles. The summed E-state index contributed by atoms with van der Waals surface area (Å²) in [6.45, 7) is 8.06. The molecule has 0 aliphatic carbocycles. The third kappa shape index (κ3) is 6.18. The third-order valence-electron chi connectivity index (χ3n) is 3.26. The number of carbonyl (C=O) groups is 4. The number of carbonyl (C=O) groups excluding carboxylic acids is 4. The van der Waals surface area contributed by atoms with Gasteiger partial charge in [0.15, 0.2) is 18.3 Å². The number of ether oxygens (including phenoxy) is 5. The Morgan fingerprint density at radius 3 is 1.76 bits per heavy atom. The Balaban J connectivity index is 3.20. The summed E-state index contributed by atoms with van der Waals surface area (Å²) in [5.74, 6) is -2.54. The van der Waals surface area contributed by atoms with Crippen molar-refractivity contribution in [2.24, 2.45) is 0 Å². The van der Waals surface area contributed by atoms with Crippen LogP contribution in [0.15, 0.2) is 12.7 Å². The molecule has 0 N–H and O–H groups in total. The van der Waals surface area contributed by atoms with Crippen LogP contribution in [0.5, 0.6) is 0 Å². The van der Waals surface area contributed by atoms with E-state index in [1.807, 2.05) is 0 Å². The molecule has 0 aromatic heterocycles. The molecule has 0 aromatic carbocycles. The molecule has 5 atom stereocenters. The van der Waals surface area contributed by atoms with E-state index in [4.69, 9.17) is 23.7 Å². The molecule has 0 spiro atoms. The summed E-state index contributed by atoms with van der Waals surface area (Å²) in [5, 5.41) is 0. The predicted octanol–water partition coefficient (Wildman–Crippen LogP) is 0.298. The largest absolute Gasteiger partial charge is 0.463 e. The van der Waals surface area contributed by atoms with E-state index in [0.29, 0.717) is 0 Å². The molecule has 9 heteroatoms. The topological polar surface area (TPSA) is 114 Å². The first-order valence-electron chi connectivity index (χ1n) is 7.58. The van der Waals surface area contributed by atoms with Gasteiger partial charge in [0.1, 0.15) is 18.8 Å². The van der Waals surface area contributed by atoms with E-state index in [1.165, 1.54) is 19.9 Å². The molecule has 1 rings (SSSR count). The highest BCUT2D eigenvalue weighted by Crippen LogP contribution is 2.29. The molecular weight excluding hydrogens is 336 g/mol. The lowest BCUT2D eigenvalue weighted by Crippen LogP contribution is -2.61. The van der Waals surface area contributed by atoms with E-state index < -0.39 is 54.4 Å². The fraction of sp³-hybridized carbons (Fsp3) is 0.625. The second kappa shape index (κ2) is 9.16. The van der Waals surface area contributed by atoms with Crippen LogP contribution in [0.3, 0.4) is 0 Å². The van der Waals surface area contributed by atoms with Crippen molar-refractivity contribution in [3.63, 3.8) is 0 Å². The highest BCUT2D eigenvalue weighted by atomic mass is 16.7. The van der Waals surface area contributed by atoms with Crippen LogP contribution in [0.25, 0.3) is 0 Å². The summed E-state index contributed by atoms with van der Waals surface area (Å²) in [7, 11) is 0. The fourth-order valence-corrected chi connectivity index (χ4v) is 2.45. The smallest absolute Gasteiger partial charge is 0.303 e. The highest BCUT2D eigenvalue weighted by molar-refractivity contribution is 5.68. The van der Waals surface area contributed by atoms with Crippen molar-refractivity contribution in [3.05, 3.63) is 12.7 Å². The minimum Gasteiger partial charge on any atom is -0.463 e. The number of esters is 4. The van der Waals surface area contributed by atoms with Gasteiger partial charge in [0.2, 0.25) is 0 Å². The van der Waals surface area contributed by atoms with Crippen molar-refractivity contribution in [3.8, 4) is 0 Å². The van der Waals surface area contributed by atoms with Crippen LogP contribution >= 0.6 is 0 Å². The summed E-state index contributed by atoms with van der Waals surface area (Å²) in [6.07, 6.45) is -3.80. The van der Waals surface area contributed by atoms with Crippen LogP contribution in [0, 0.1) is 0 Å². The molecule has 25 heavy (non-hydrogen) atoms. The maximum atomic E-state index is 11.5. The Hall–Kier alpha value is -2.42. The summed E-state index contributed by atoms with van der Waals surface area (Å²) >= 11 is 0. The Kier molecular flexibility index (Phi) is 7.56. The van der Waals surface area contributed by atoms with Gasteiger partial charge in [-0.25, -0.2) is 0 Å². The molecule has 1 saturated heterocycles. The first-order valence-corrected chi connectivity index (χ1v) is 7.58. The first-order chi connectivity index (χ1) is 11.6. The van der Waals surface area contributed by atoms with E-state index >= 15 is 0 Å². The quantitative estimate of drug-likeness (QED) is 0.375. The number of hydrogen-bond acceptors (Lipinski definition) is 9. The van der Waals surface area contributed by atoms with Crippen molar-refractivity contribution >= 4 is 23.9 Å². The molecule has 1 fully saturated rings. The van der Waals surface area contributed by atoms with E-state index in [-0.39, 0.29) is 6.61 Å². The van der Waals surface area contributed by atoms with Crippen molar-refractivity contribution in [2.45, 2.75) is 58.2 Å². The van der Waals surface area contributed by atoms with Gasteiger partial charge in [-0.2, -0.15) is 0 Å². The zero-order valence-corrected chi connectivity index (χ0v) is 14.6. The van der Waals surface area contributed by atoms with Gasteiger partial charge in [0.05, 0.1) is 0 Å². The SMILES string of the molecule is C=CC1OC(COC(C)=O)C(OC(C)=O)C(OC(C)=O)C1OC(C)=O. The summed E-state index contributed by atoms with van der Waals surface area (Å²) in [6, 6.07) is 0. The van der Waals surface area contributed by atoms with Gasteiger partial charge in [-0.05, 0) is 0 Å². The lowest BCUT2D eigenvalue weighted by Gasteiger charge is -2.43. The van der Waals surface area contributed by atoms with E-state index in [0.717, 1.165) is 13.8 Å². The minimum absolute atomic E-state index is 0.248. The van der Waals surface area contributed by atoms with Gasteiger partial charge in [0.25, 0.3) is 0 Å². The summed E-state index contributed by atoms with van der Waals surface area (Å²) < 4.78 is 26.2. The van der Waals surface area contributed by atoms with Crippen LogP contribution in [0.2, 0.25) is 0 Å². The monoisotopic (exact) mass is 358 g/mol. The average molecular weight is 358 g/mol. The molecule has 1 aliphatic rings. The second-order valence-electron chi connectivity index (χ2n) is 5.40. The maximum absolute atomic E-state index is 11.5. The van der Waals surface area contributed by atoms with Gasteiger partial charge < -0.3 is 23.7 Å². The normalized spacial score (nSPS) is 28.4. The molecule has 140 valence electrons. The Labute approximate surface area is 145 Å². The first kappa shape index (κ1) is 20.6. The van der Waals surface area contributed by atoms with Crippen LogP contribution in [-0.4, -0.2) is 61.0 Å². The Morgan fingerprint density at radius 2 is 1.32 bits per heavy atom. The minimum atomic E-state index is -1.15. The van der Waals surface area contributed by atoms with Crippen molar-refractivity contribution in [2.75, 3.05) is 6.61 Å². The summed E-state index contributed by atoms with van der Waals surface area (Å²) in [5.41, 5.74) is 0. The van der Waals surface area contributed by atoms with Gasteiger partial charge >= 0.3 is 23.9 Å². The highest BCUT2D eigenvalue weighted by Gasteiger charge is 2.51. The zero-order chi connectivity index (χ0) is 19.1. The summed E-state index contributed by atoms with van der Waals surface area (Å²) in [4.78, 5) is 45.4. The molecule has 0 radical (unpaired) electrons. The molecule has 0 bridgehead atoms. The van der Waals surface area contributed by atoms with Gasteiger partial charge in [-0.15, -0.1) is 6.58 Å². The molecule has 1 heterocycles. The number of hydrogen-bond donors (Lipinski definition) is 0. The van der Waals surface area contributed by atoms with Crippen molar-refractivity contribution in [1.82, 2.24) is 0 Å². The molecule has 9 nitrogen and oxygen atoms in total. The van der Waals surface area contributed by atoms with Gasteiger partial charge in [-0.1, -0.05) is 6.08 Å². The van der Waals surface area contributed by atoms with Gasteiger partial charge in [0, 0.05) is 27.7 Å². The molecule has 1 aliphatic heterocycles. The Bertz CT molecular complexity index is 542. The Morgan fingerprint density at radius 1 is 0.840 bits per heavy atom.